The van der Waals surface area contributed by atoms with Gasteiger partial charge >= 0.3 is 0 Å². The molecule has 0 fully saturated rings. The Kier molecular flexibility index (Phi) is 9.27. The summed E-state index contributed by atoms with van der Waals surface area (Å²) in [7, 11) is -11.5. The third-order valence-corrected chi connectivity index (χ3v) is 10.3. The number of nitrogens with zero attached hydrogens (tertiary/aromatic N) is 3. The average molecular weight is 566 g/mol. The maximum absolute atomic E-state index is 13.3. The van der Waals surface area contributed by atoms with Crippen LogP contribution in [-0.4, -0.2) is 56.4 Å². The Morgan fingerprint density at radius 1 is 0.568 bits per heavy atom. The maximum Gasteiger partial charge on any atom is 0.243 e. The summed E-state index contributed by atoms with van der Waals surface area (Å²) in [6.45, 7) is 4.57. The lowest BCUT2D eigenvalue weighted by Gasteiger charge is -2.21. The second-order valence-electron chi connectivity index (χ2n) is 8.54. The molecule has 200 valence electrons. The molecule has 3 rings (SSSR count). The van der Waals surface area contributed by atoms with E-state index in [9.17, 15) is 25.9 Å². The van der Waals surface area contributed by atoms with Crippen molar-refractivity contribution in [1.82, 2.24) is 4.31 Å². The van der Waals surface area contributed by atoms with E-state index in [1.807, 2.05) is 20.8 Å². The Bertz CT molecular complexity index is 1480. The first-order chi connectivity index (χ1) is 17.3. The largest absolute Gasteiger partial charge is 0.297 e. The van der Waals surface area contributed by atoms with Crippen LogP contribution in [0.2, 0.25) is 0 Å². The second kappa shape index (κ2) is 11.8. The SMILES string of the molecule is Cc1ccc(S(=O)(=O)N(CCN=S(=O)(O)c2ccc(C)cc2)CCN=S(=O)(O)c2ccc(C)cc2)cc1. The summed E-state index contributed by atoms with van der Waals surface area (Å²) in [6.07, 6.45) is 0. The third kappa shape index (κ3) is 7.69. The molecule has 37 heavy (non-hydrogen) atoms. The molecule has 3 aromatic carbocycles. The molecule has 3 aromatic rings. The van der Waals surface area contributed by atoms with Gasteiger partial charge in [-0.15, -0.1) is 0 Å². The Labute approximate surface area is 219 Å². The van der Waals surface area contributed by atoms with Crippen molar-refractivity contribution in [3.8, 4) is 0 Å². The van der Waals surface area contributed by atoms with E-state index in [1.165, 1.54) is 36.4 Å². The van der Waals surface area contributed by atoms with Crippen LogP contribution >= 0.6 is 0 Å². The van der Waals surface area contributed by atoms with Gasteiger partial charge in [-0.25, -0.2) is 25.6 Å². The number of sulfonamides is 1. The lowest BCUT2D eigenvalue weighted by atomic mass is 10.2. The van der Waals surface area contributed by atoms with E-state index in [0.717, 1.165) is 21.0 Å². The van der Waals surface area contributed by atoms with Gasteiger partial charge in [0.15, 0.2) is 20.0 Å². The average Bonchev–Trinajstić information content (AvgIpc) is 2.84. The van der Waals surface area contributed by atoms with E-state index in [-0.39, 0.29) is 40.9 Å². The molecule has 12 heteroatoms. The fourth-order valence-corrected chi connectivity index (χ4v) is 6.70. The molecule has 0 saturated heterocycles. The summed E-state index contributed by atoms with van der Waals surface area (Å²) < 4.78 is 81.6. The predicted molar refractivity (Wildman–Crippen MR) is 145 cm³/mol. The highest BCUT2D eigenvalue weighted by Crippen LogP contribution is 2.18. The van der Waals surface area contributed by atoms with Crippen LogP contribution in [0.5, 0.6) is 0 Å². The molecule has 0 aliphatic heterocycles. The van der Waals surface area contributed by atoms with E-state index in [0.29, 0.717) is 0 Å². The highest BCUT2D eigenvalue weighted by Gasteiger charge is 2.24. The standard InChI is InChI=1S/C25H31N3O6S3/c1-20-4-10-23(11-5-20)35(29,30)26-16-18-28(37(33,34)25-14-8-22(3)9-15-25)19-17-27-36(31,32)24-12-6-21(2)7-13-24/h4-15H,16-19H2,1-3H3,(H,26,29,30)(H,27,31,32). The maximum atomic E-state index is 13.3. The molecule has 0 saturated carbocycles. The van der Waals surface area contributed by atoms with E-state index in [1.54, 1.807) is 36.4 Å². The summed E-state index contributed by atoms with van der Waals surface area (Å²) in [6, 6.07) is 19.0. The third-order valence-electron chi connectivity index (χ3n) is 5.55. The molecule has 0 heterocycles. The molecule has 2 N–H and O–H groups in total. The molecule has 0 bridgehead atoms. The summed E-state index contributed by atoms with van der Waals surface area (Å²) in [4.78, 5) is 0.281. The minimum atomic E-state index is -4.03. The van der Waals surface area contributed by atoms with Crippen LogP contribution in [-0.2, 0) is 30.0 Å². The van der Waals surface area contributed by atoms with Crippen molar-refractivity contribution in [1.29, 1.82) is 0 Å². The van der Waals surface area contributed by atoms with Crippen molar-refractivity contribution in [2.24, 2.45) is 8.73 Å². The highest BCUT2D eigenvalue weighted by atomic mass is 32.2. The van der Waals surface area contributed by atoms with Crippen LogP contribution in [0.3, 0.4) is 0 Å². The van der Waals surface area contributed by atoms with Gasteiger partial charge in [0.25, 0.3) is 0 Å². The van der Waals surface area contributed by atoms with Crippen molar-refractivity contribution in [2.75, 3.05) is 26.2 Å². The first kappa shape index (κ1) is 29.0. The Morgan fingerprint density at radius 2 is 0.865 bits per heavy atom. The normalized spacial score (nSPS) is 15.1. The minimum Gasteiger partial charge on any atom is -0.297 e. The Balaban J connectivity index is 1.85. The zero-order chi connectivity index (χ0) is 27.3. The highest BCUT2D eigenvalue weighted by molar-refractivity contribution is 7.89. The topological polar surface area (TPSA) is 137 Å². The van der Waals surface area contributed by atoms with E-state index in [4.69, 9.17) is 0 Å². The zero-order valence-electron chi connectivity index (χ0n) is 20.9. The van der Waals surface area contributed by atoms with E-state index >= 15 is 0 Å². The van der Waals surface area contributed by atoms with Crippen molar-refractivity contribution in [3.63, 3.8) is 0 Å². The van der Waals surface area contributed by atoms with Crippen LogP contribution in [0.25, 0.3) is 0 Å². The number of aryl methyl sites for hydroxylation is 3. The lowest BCUT2D eigenvalue weighted by Crippen LogP contribution is -2.35. The van der Waals surface area contributed by atoms with Crippen LogP contribution in [0, 0.1) is 20.8 Å². The molecule has 0 aliphatic carbocycles. The van der Waals surface area contributed by atoms with E-state index in [2.05, 4.69) is 8.73 Å². The van der Waals surface area contributed by atoms with Gasteiger partial charge in [-0.3, -0.25) is 9.11 Å². The lowest BCUT2D eigenvalue weighted by molar-refractivity contribution is 0.425. The zero-order valence-corrected chi connectivity index (χ0v) is 23.3. The molecule has 0 radical (unpaired) electrons. The number of rotatable bonds is 10. The molecule has 0 aliphatic rings. The summed E-state index contributed by atoms with van der Waals surface area (Å²) in [5.41, 5.74) is 2.72. The van der Waals surface area contributed by atoms with Crippen LogP contribution in [0.1, 0.15) is 16.7 Å². The van der Waals surface area contributed by atoms with Crippen molar-refractivity contribution in [3.05, 3.63) is 89.5 Å². The molecular weight excluding hydrogens is 534 g/mol. The molecule has 0 amide bonds. The van der Waals surface area contributed by atoms with Crippen LogP contribution < -0.4 is 0 Å². The van der Waals surface area contributed by atoms with Crippen molar-refractivity contribution < 1.29 is 25.9 Å². The van der Waals surface area contributed by atoms with Gasteiger partial charge in [0.05, 0.1) is 27.8 Å². The molecular formula is C25H31N3O6S3. The van der Waals surface area contributed by atoms with Gasteiger partial charge in [-0.05, 0) is 57.2 Å². The summed E-state index contributed by atoms with van der Waals surface area (Å²) >= 11 is 0. The number of benzene rings is 3. The first-order valence-electron chi connectivity index (χ1n) is 11.4. The van der Waals surface area contributed by atoms with E-state index < -0.39 is 30.0 Å². The fourth-order valence-electron chi connectivity index (χ4n) is 3.34. The molecule has 0 aromatic heterocycles. The fraction of sp³-hybridized carbons (Fsp3) is 0.280. The molecule has 9 nitrogen and oxygen atoms in total. The predicted octanol–water partition coefficient (Wildman–Crippen LogP) is 4.60. The van der Waals surface area contributed by atoms with Gasteiger partial charge in [0, 0.05) is 13.1 Å². The minimum absolute atomic E-state index is 0.0321. The number of hydrogen-bond donors (Lipinski definition) is 2. The monoisotopic (exact) mass is 565 g/mol. The summed E-state index contributed by atoms with van der Waals surface area (Å²) in [5, 5.41) is 0. The Hall–Kier alpha value is -2.61. The van der Waals surface area contributed by atoms with Gasteiger partial charge in [-0.2, -0.15) is 4.31 Å². The molecule has 0 spiro atoms. The van der Waals surface area contributed by atoms with Crippen molar-refractivity contribution in [2.45, 2.75) is 35.5 Å². The van der Waals surface area contributed by atoms with Crippen LogP contribution in [0.15, 0.2) is 96.2 Å². The smallest absolute Gasteiger partial charge is 0.243 e. The van der Waals surface area contributed by atoms with Gasteiger partial charge in [-0.1, -0.05) is 53.1 Å². The van der Waals surface area contributed by atoms with Gasteiger partial charge in [0.2, 0.25) is 10.0 Å². The van der Waals surface area contributed by atoms with Crippen molar-refractivity contribution >= 4 is 30.0 Å². The number of hydrogen-bond acceptors (Lipinski definition) is 6. The first-order valence-corrected chi connectivity index (χ1v) is 15.8. The molecule has 2 atom stereocenters. The quantitative estimate of drug-likeness (QED) is 0.369. The second-order valence-corrected chi connectivity index (χ2v) is 13.9. The van der Waals surface area contributed by atoms with Gasteiger partial charge < -0.3 is 0 Å². The van der Waals surface area contributed by atoms with Crippen LogP contribution in [0.4, 0.5) is 0 Å². The van der Waals surface area contributed by atoms with Gasteiger partial charge in [0.1, 0.15) is 0 Å². The summed E-state index contributed by atoms with van der Waals surface area (Å²) in [5.74, 6) is 0. The molecule has 2 unspecified atom stereocenters. The Morgan fingerprint density at radius 3 is 1.19 bits per heavy atom.